The summed E-state index contributed by atoms with van der Waals surface area (Å²) >= 11 is 0. The van der Waals surface area contributed by atoms with E-state index in [1.165, 1.54) is 0 Å². The summed E-state index contributed by atoms with van der Waals surface area (Å²) in [6.07, 6.45) is 0.571. The second-order valence-corrected chi connectivity index (χ2v) is 6.26. The first kappa shape index (κ1) is 11.3. The van der Waals surface area contributed by atoms with Gasteiger partial charge in [0.2, 0.25) is 0 Å². The van der Waals surface area contributed by atoms with Crippen molar-refractivity contribution in [1.29, 1.82) is 0 Å². The van der Waals surface area contributed by atoms with Gasteiger partial charge in [-0.15, -0.1) is 0 Å². The van der Waals surface area contributed by atoms with Crippen LogP contribution in [-0.4, -0.2) is 12.8 Å². The zero-order valence-electron chi connectivity index (χ0n) is 8.56. The topological polar surface area (TPSA) is 52.3 Å². The average molecular weight is 213 g/mol. The molecule has 0 radical (unpaired) electrons. The molecule has 78 valence electrons. The molecule has 14 heavy (non-hydrogen) atoms. The summed E-state index contributed by atoms with van der Waals surface area (Å²) in [7, 11) is -2.38. The number of hydrogen-bond acceptors (Lipinski definition) is 3. The molecule has 1 aromatic rings. The Hall–Kier alpha value is -0.790. The number of benzene rings is 1. The van der Waals surface area contributed by atoms with Crippen LogP contribution >= 0.6 is 7.37 Å². The largest absolute Gasteiger partial charge is 0.399 e. The lowest BCUT2D eigenvalue weighted by Crippen LogP contribution is -1.93. The van der Waals surface area contributed by atoms with E-state index in [2.05, 4.69) is 0 Å². The molecule has 0 spiro atoms. The van der Waals surface area contributed by atoms with Gasteiger partial charge in [-0.3, -0.25) is 4.57 Å². The van der Waals surface area contributed by atoms with Gasteiger partial charge in [0.15, 0.2) is 7.37 Å². The molecular formula is C10H16NO2P. The normalized spacial score (nSPS) is 15.0. The molecule has 0 heterocycles. The highest BCUT2D eigenvalue weighted by Crippen LogP contribution is 2.42. The molecule has 0 bridgehead atoms. The zero-order chi connectivity index (χ0) is 10.6. The number of anilines is 1. The first-order chi connectivity index (χ1) is 6.53. The SMILES string of the molecule is CCP(C)(=O)OCc1ccc(N)cc1. The van der Waals surface area contributed by atoms with Crippen molar-refractivity contribution < 1.29 is 9.09 Å². The van der Waals surface area contributed by atoms with Crippen LogP contribution in [0.1, 0.15) is 12.5 Å². The van der Waals surface area contributed by atoms with Crippen molar-refractivity contribution in [3.8, 4) is 0 Å². The summed E-state index contributed by atoms with van der Waals surface area (Å²) in [4.78, 5) is 0. The van der Waals surface area contributed by atoms with E-state index in [0.29, 0.717) is 12.8 Å². The minimum Gasteiger partial charge on any atom is -0.399 e. The highest BCUT2D eigenvalue weighted by Gasteiger charge is 2.11. The van der Waals surface area contributed by atoms with Crippen LogP contribution in [0.4, 0.5) is 5.69 Å². The number of nitrogens with two attached hydrogens (primary N) is 1. The average Bonchev–Trinajstić information content (AvgIpc) is 2.17. The van der Waals surface area contributed by atoms with Crippen molar-refractivity contribution in [2.24, 2.45) is 0 Å². The lowest BCUT2D eigenvalue weighted by molar-refractivity contribution is 0.307. The van der Waals surface area contributed by atoms with Crippen LogP contribution in [-0.2, 0) is 15.7 Å². The molecule has 0 aliphatic rings. The molecule has 0 aliphatic carbocycles. The Morgan fingerprint density at radius 2 is 1.93 bits per heavy atom. The number of hydrogen-bond donors (Lipinski definition) is 1. The summed E-state index contributed by atoms with van der Waals surface area (Å²) in [6, 6.07) is 7.38. The molecule has 0 amide bonds. The Balaban J connectivity index is 2.54. The molecule has 0 saturated carbocycles. The fourth-order valence-corrected chi connectivity index (χ4v) is 1.52. The van der Waals surface area contributed by atoms with Gasteiger partial charge in [-0.25, -0.2) is 0 Å². The summed E-state index contributed by atoms with van der Waals surface area (Å²) in [6.45, 7) is 3.91. The monoisotopic (exact) mass is 213 g/mol. The van der Waals surface area contributed by atoms with Crippen molar-refractivity contribution >= 4 is 13.1 Å². The molecule has 4 heteroatoms. The van der Waals surface area contributed by atoms with Crippen LogP contribution in [0.5, 0.6) is 0 Å². The van der Waals surface area contributed by atoms with E-state index in [9.17, 15) is 4.57 Å². The first-order valence-electron chi connectivity index (χ1n) is 4.59. The number of nitrogen functional groups attached to an aromatic ring is 1. The van der Waals surface area contributed by atoms with Gasteiger partial charge in [0.25, 0.3) is 0 Å². The van der Waals surface area contributed by atoms with Crippen molar-refractivity contribution in [3.63, 3.8) is 0 Å². The Morgan fingerprint density at radius 3 is 2.43 bits per heavy atom. The van der Waals surface area contributed by atoms with Crippen LogP contribution < -0.4 is 5.73 Å². The van der Waals surface area contributed by atoms with Gasteiger partial charge in [0.05, 0.1) is 6.61 Å². The molecule has 1 rings (SSSR count). The fourth-order valence-electron chi connectivity index (χ4n) is 0.916. The molecule has 0 aromatic heterocycles. The minimum absolute atomic E-state index is 0.391. The Labute approximate surface area is 84.7 Å². The molecule has 2 N–H and O–H groups in total. The van der Waals surface area contributed by atoms with Crippen LogP contribution in [0, 0.1) is 0 Å². The molecular weight excluding hydrogens is 197 g/mol. The van der Waals surface area contributed by atoms with Crippen molar-refractivity contribution in [2.45, 2.75) is 13.5 Å². The first-order valence-corrected chi connectivity index (χ1v) is 6.85. The highest BCUT2D eigenvalue weighted by atomic mass is 31.2. The Bertz CT molecular complexity index is 334. The molecule has 0 saturated heterocycles. The summed E-state index contributed by atoms with van der Waals surface area (Å²) < 4.78 is 16.9. The predicted octanol–water partition coefficient (Wildman–Crippen LogP) is 2.71. The molecule has 0 fully saturated rings. The highest BCUT2D eigenvalue weighted by molar-refractivity contribution is 7.58. The van der Waals surface area contributed by atoms with E-state index in [0.717, 1.165) is 11.3 Å². The second kappa shape index (κ2) is 4.63. The van der Waals surface area contributed by atoms with Crippen LogP contribution in [0.3, 0.4) is 0 Å². The standard InChI is InChI=1S/C10H16NO2P/c1-3-14(2,12)13-8-9-4-6-10(11)7-5-9/h4-7H,3,8,11H2,1-2H3. The predicted molar refractivity (Wildman–Crippen MR) is 59.7 cm³/mol. The molecule has 3 nitrogen and oxygen atoms in total. The maximum absolute atomic E-state index is 11.6. The smallest absolute Gasteiger partial charge is 0.200 e. The fraction of sp³-hybridized carbons (Fsp3) is 0.400. The lowest BCUT2D eigenvalue weighted by Gasteiger charge is -2.11. The maximum atomic E-state index is 11.6. The number of rotatable bonds is 4. The quantitative estimate of drug-likeness (QED) is 0.618. The molecule has 1 unspecified atom stereocenters. The van der Waals surface area contributed by atoms with Crippen molar-refractivity contribution in [1.82, 2.24) is 0 Å². The molecule has 0 aliphatic heterocycles. The van der Waals surface area contributed by atoms with E-state index in [4.69, 9.17) is 10.3 Å². The summed E-state index contributed by atoms with van der Waals surface area (Å²) in [5.41, 5.74) is 7.26. The summed E-state index contributed by atoms with van der Waals surface area (Å²) in [5.74, 6) is 0. The summed E-state index contributed by atoms with van der Waals surface area (Å²) in [5, 5.41) is 0. The van der Waals surface area contributed by atoms with Crippen LogP contribution in [0.25, 0.3) is 0 Å². The van der Waals surface area contributed by atoms with E-state index >= 15 is 0 Å². The van der Waals surface area contributed by atoms with Gasteiger partial charge in [0.1, 0.15) is 0 Å². The third-order valence-electron chi connectivity index (χ3n) is 2.06. The van der Waals surface area contributed by atoms with Gasteiger partial charge < -0.3 is 10.3 Å². The second-order valence-electron chi connectivity index (χ2n) is 3.35. The minimum atomic E-state index is -2.38. The van der Waals surface area contributed by atoms with Gasteiger partial charge in [-0.05, 0) is 17.7 Å². The zero-order valence-corrected chi connectivity index (χ0v) is 9.46. The Kier molecular flexibility index (Phi) is 3.73. The van der Waals surface area contributed by atoms with E-state index < -0.39 is 7.37 Å². The van der Waals surface area contributed by atoms with Crippen molar-refractivity contribution in [2.75, 3.05) is 18.6 Å². The van der Waals surface area contributed by atoms with Gasteiger partial charge in [-0.2, -0.15) is 0 Å². The van der Waals surface area contributed by atoms with Gasteiger partial charge in [0, 0.05) is 18.5 Å². The third kappa shape index (κ3) is 3.52. The van der Waals surface area contributed by atoms with E-state index in [-0.39, 0.29) is 0 Å². The molecule has 1 atom stereocenters. The van der Waals surface area contributed by atoms with E-state index in [1.807, 2.05) is 31.2 Å². The molecule has 1 aromatic carbocycles. The van der Waals surface area contributed by atoms with Crippen molar-refractivity contribution in [3.05, 3.63) is 29.8 Å². The third-order valence-corrected chi connectivity index (χ3v) is 3.88. The van der Waals surface area contributed by atoms with Gasteiger partial charge in [-0.1, -0.05) is 19.1 Å². The van der Waals surface area contributed by atoms with Crippen LogP contribution in [0.2, 0.25) is 0 Å². The Morgan fingerprint density at radius 1 is 1.36 bits per heavy atom. The maximum Gasteiger partial charge on any atom is 0.200 e. The lowest BCUT2D eigenvalue weighted by atomic mass is 10.2. The van der Waals surface area contributed by atoms with Crippen LogP contribution in [0.15, 0.2) is 24.3 Å². The van der Waals surface area contributed by atoms with Gasteiger partial charge >= 0.3 is 0 Å². The van der Waals surface area contributed by atoms with E-state index in [1.54, 1.807) is 6.66 Å².